The van der Waals surface area contributed by atoms with Gasteiger partial charge in [0.05, 0.1) is 6.61 Å². The Kier molecular flexibility index (Phi) is 2.53. The zero-order valence-electron chi connectivity index (χ0n) is 8.60. The molecule has 0 aromatic rings. The molecule has 2 aliphatic rings. The van der Waals surface area contributed by atoms with E-state index < -0.39 is 12.1 Å². The lowest BCUT2D eigenvalue weighted by molar-refractivity contribution is -0.220. The molecule has 5 heteroatoms. The first-order valence-electron chi connectivity index (χ1n) is 4.72. The highest BCUT2D eigenvalue weighted by Crippen LogP contribution is 2.38. The lowest BCUT2D eigenvalue weighted by atomic mass is 10.1. The van der Waals surface area contributed by atoms with E-state index in [9.17, 15) is 0 Å². The third-order valence-corrected chi connectivity index (χ3v) is 2.54. The van der Waals surface area contributed by atoms with E-state index in [0.29, 0.717) is 0 Å². The fourth-order valence-electron chi connectivity index (χ4n) is 1.98. The van der Waals surface area contributed by atoms with Crippen molar-refractivity contribution in [2.75, 3.05) is 13.7 Å². The molecular weight excluding hydrogens is 188 g/mol. The second-order valence-corrected chi connectivity index (χ2v) is 4.03. The summed E-state index contributed by atoms with van der Waals surface area (Å²) in [4.78, 5) is 0. The Labute approximate surface area is 82.9 Å². The van der Waals surface area contributed by atoms with E-state index in [1.54, 1.807) is 7.11 Å². The largest absolute Gasteiger partial charge is 0.394 e. The van der Waals surface area contributed by atoms with Crippen LogP contribution < -0.4 is 0 Å². The van der Waals surface area contributed by atoms with Gasteiger partial charge >= 0.3 is 0 Å². The normalized spacial score (nSPS) is 45.4. The molecule has 5 nitrogen and oxygen atoms in total. The summed E-state index contributed by atoms with van der Waals surface area (Å²) in [6.07, 6.45) is -1.28. The van der Waals surface area contributed by atoms with E-state index in [-0.39, 0.29) is 24.9 Å². The first-order valence-corrected chi connectivity index (χ1v) is 4.72. The minimum atomic E-state index is -0.632. The lowest BCUT2D eigenvalue weighted by Crippen LogP contribution is -2.37. The molecule has 4 atom stereocenters. The molecule has 1 N–H and O–H groups in total. The number of ether oxygens (including phenoxy) is 4. The Bertz CT molecular complexity index is 217. The summed E-state index contributed by atoms with van der Waals surface area (Å²) >= 11 is 0. The van der Waals surface area contributed by atoms with Gasteiger partial charge in [0.2, 0.25) is 0 Å². The van der Waals surface area contributed by atoms with Crippen LogP contribution in [0.15, 0.2) is 0 Å². The highest BCUT2D eigenvalue weighted by Gasteiger charge is 2.54. The van der Waals surface area contributed by atoms with E-state index in [2.05, 4.69) is 0 Å². The van der Waals surface area contributed by atoms with Gasteiger partial charge in [-0.1, -0.05) is 0 Å². The fraction of sp³-hybridized carbons (Fsp3) is 1.00. The van der Waals surface area contributed by atoms with Crippen molar-refractivity contribution >= 4 is 0 Å². The predicted octanol–water partition coefficient (Wildman–Crippen LogP) is -0.130. The van der Waals surface area contributed by atoms with Gasteiger partial charge < -0.3 is 24.1 Å². The molecule has 0 radical (unpaired) electrons. The molecule has 0 bridgehead atoms. The van der Waals surface area contributed by atoms with Crippen LogP contribution in [0.1, 0.15) is 13.8 Å². The van der Waals surface area contributed by atoms with Crippen molar-refractivity contribution in [1.82, 2.24) is 0 Å². The van der Waals surface area contributed by atoms with Crippen LogP contribution in [0, 0.1) is 0 Å². The summed E-state index contributed by atoms with van der Waals surface area (Å²) in [5.41, 5.74) is 0. The van der Waals surface area contributed by atoms with Crippen LogP contribution in [0.2, 0.25) is 0 Å². The molecule has 2 fully saturated rings. The molecular formula is C9H16O5. The third kappa shape index (κ3) is 1.55. The first kappa shape index (κ1) is 10.3. The van der Waals surface area contributed by atoms with Crippen LogP contribution in [0.3, 0.4) is 0 Å². The first-order chi connectivity index (χ1) is 6.57. The maximum absolute atomic E-state index is 9.04. The quantitative estimate of drug-likeness (QED) is 0.679. The third-order valence-electron chi connectivity index (χ3n) is 2.54. The molecule has 0 amide bonds. The van der Waals surface area contributed by atoms with Gasteiger partial charge in [0.1, 0.15) is 18.3 Å². The van der Waals surface area contributed by atoms with Crippen molar-refractivity contribution in [3.8, 4) is 0 Å². The highest BCUT2D eigenvalue weighted by molar-refractivity contribution is 4.93. The summed E-state index contributed by atoms with van der Waals surface area (Å²) in [6.45, 7) is 3.57. The Morgan fingerprint density at radius 1 is 1.36 bits per heavy atom. The van der Waals surface area contributed by atoms with Gasteiger partial charge in [0.15, 0.2) is 12.1 Å². The van der Waals surface area contributed by atoms with Gasteiger partial charge in [-0.3, -0.25) is 0 Å². The number of hydrogen-bond acceptors (Lipinski definition) is 5. The molecule has 0 aromatic carbocycles. The average molecular weight is 204 g/mol. The zero-order valence-corrected chi connectivity index (χ0v) is 8.60. The number of aliphatic hydroxyl groups excluding tert-OH is 1. The maximum Gasteiger partial charge on any atom is 0.190 e. The lowest BCUT2D eigenvalue weighted by Gasteiger charge is -2.23. The molecule has 82 valence electrons. The molecule has 2 rings (SSSR count). The number of hydrogen-bond donors (Lipinski definition) is 1. The van der Waals surface area contributed by atoms with Crippen LogP contribution >= 0.6 is 0 Å². The number of fused-ring (bicyclic) bond motifs is 1. The zero-order chi connectivity index (χ0) is 10.3. The highest BCUT2D eigenvalue weighted by atomic mass is 16.8. The second kappa shape index (κ2) is 3.43. The van der Waals surface area contributed by atoms with Crippen molar-refractivity contribution in [2.24, 2.45) is 0 Å². The molecule has 2 heterocycles. The van der Waals surface area contributed by atoms with Crippen molar-refractivity contribution < 1.29 is 24.1 Å². The maximum atomic E-state index is 9.04. The average Bonchev–Trinajstić information content (AvgIpc) is 2.55. The Hall–Kier alpha value is -0.200. The van der Waals surface area contributed by atoms with Crippen molar-refractivity contribution in [3.05, 3.63) is 0 Å². The minimum Gasteiger partial charge on any atom is -0.394 e. The molecule has 0 saturated carbocycles. The van der Waals surface area contributed by atoms with E-state index in [1.165, 1.54) is 0 Å². The SMILES string of the molecule is CO[C@H]1[C@@H](CO)OC2OC(C)(C)O[C@@H]21. The molecule has 1 unspecified atom stereocenters. The van der Waals surface area contributed by atoms with Gasteiger partial charge in [-0.2, -0.15) is 0 Å². The van der Waals surface area contributed by atoms with Gasteiger partial charge in [-0.05, 0) is 13.8 Å². The molecule has 14 heavy (non-hydrogen) atoms. The van der Waals surface area contributed by atoms with Gasteiger partial charge in [-0.25, -0.2) is 0 Å². The Morgan fingerprint density at radius 3 is 2.64 bits per heavy atom. The predicted molar refractivity (Wildman–Crippen MR) is 46.6 cm³/mol. The van der Waals surface area contributed by atoms with Gasteiger partial charge in [0.25, 0.3) is 0 Å². The van der Waals surface area contributed by atoms with E-state index in [1.807, 2.05) is 13.8 Å². The molecule has 0 aliphatic carbocycles. The smallest absolute Gasteiger partial charge is 0.190 e. The molecule has 2 aliphatic heterocycles. The van der Waals surface area contributed by atoms with E-state index in [0.717, 1.165) is 0 Å². The Balaban J connectivity index is 2.09. The standard InChI is InChI=1S/C9H16O5/c1-9(2)13-7-6(11-3)5(4-10)12-8(7)14-9/h5-8,10H,4H2,1-3H3/t5-,6+,7-,8?/m1/s1. The number of rotatable bonds is 2. The summed E-state index contributed by atoms with van der Waals surface area (Å²) in [5.74, 6) is -0.632. The van der Waals surface area contributed by atoms with Gasteiger partial charge in [-0.15, -0.1) is 0 Å². The monoisotopic (exact) mass is 204 g/mol. The topological polar surface area (TPSA) is 57.2 Å². The summed E-state index contributed by atoms with van der Waals surface area (Å²) < 4.78 is 21.8. The van der Waals surface area contributed by atoms with Crippen LogP contribution in [-0.4, -0.2) is 49.2 Å². The van der Waals surface area contributed by atoms with Crippen LogP contribution in [0.4, 0.5) is 0 Å². The fourth-order valence-corrected chi connectivity index (χ4v) is 1.98. The minimum absolute atomic E-state index is 0.0847. The van der Waals surface area contributed by atoms with Crippen LogP contribution in [0.25, 0.3) is 0 Å². The van der Waals surface area contributed by atoms with E-state index in [4.69, 9.17) is 24.1 Å². The van der Waals surface area contributed by atoms with Crippen molar-refractivity contribution in [3.63, 3.8) is 0 Å². The second-order valence-electron chi connectivity index (χ2n) is 4.03. The van der Waals surface area contributed by atoms with Crippen molar-refractivity contribution in [2.45, 2.75) is 44.2 Å². The summed E-state index contributed by atoms with van der Waals surface area (Å²) in [5, 5.41) is 9.04. The van der Waals surface area contributed by atoms with E-state index >= 15 is 0 Å². The number of methoxy groups -OCH3 is 1. The van der Waals surface area contributed by atoms with Crippen LogP contribution in [0.5, 0.6) is 0 Å². The van der Waals surface area contributed by atoms with Gasteiger partial charge in [0, 0.05) is 7.11 Å². The van der Waals surface area contributed by atoms with Crippen LogP contribution in [-0.2, 0) is 18.9 Å². The van der Waals surface area contributed by atoms with Crippen molar-refractivity contribution in [1.29, 1.82) is 0 Å². The number of aliphatic hydroxyl groups is 1. The summed E-state index contributed by atoms with van der Waals surface area (Å²) in [7, 11) is 1.58. The molecule has 0 spiro atoms. The molecule has 0 aromatic heterocycles. The summed E-state index contributed by atoms with van der Waals surface area (Å²) in [6, 6.07) is 0. The molecule has 2 saturated heterocycles. The Morgan fingerprint density at radius 2 is 2.07 bits per heavy atom.